The molecule has 0 fully saturated rings. The summed E-state index contributed by atoms with van der Waals surface area (Å²) in [5, 5.41) is 0. The van der Waals surface area contributed by atoms with Crippen molar-refractivity contribution in [1.29, 1.82) is 0 Å². The summed E-state index contributed by atoms with van der Waals surface area (Å²) in [7, 11) is 0. The van der Waals surface area contributed by atoms with Crippen LogP contribution in [-0.2, 0) is 0 Å². The quantitative estimate of drug-likeness (QED) is 0.653. The van der Waals surface area contributed by atoms with Gasteiger partial charge in [0, 0.05) is 12.6 Å². The molecule has 1 rings (SSSR count). The van der Waals surface area contributed by atoms with Gasteiger partial charge in [-0.15, -0.1) is 0 Å². The summed E-state index contributed by atoms with van der Waals surface area (Å²) >= 11 is 0. The Morgan fingerprint density at radius 1 is 1.46 bits per heavy atom. The molecule has 0 aliphatic carbocycles. The van der Waals surface area contributed by atoms with Gasteiger partial charge >= 0.3 is 0 Å². The number of nitrogens with zero attached hydrogens (tertiary/aromatic N) is 1. The highest BCUT2D eigenvalue weighted by atomic mass is 19.1. The van der Waals surface area contributed by atoms with Gasteiger partial charge in [-0.1, -0.05) is 19.9 Å². The molecule has 76 valence electrons. The van der Waals surface area contributed by atoms with Crippen molar-refractivity contribution in [1.82, 2.24) is 4.90 Å². The molecule has 1 aliphatic heterocycles. The Bertz CT molecular complexity index is 187. The Balaban J connectivity index is 2.39. The summed E-state index contributed by atoms with van der Waals surface area (Å²) in [5.41, 5.74) is 0. The van der Waals surface area contributed by atoms with Crippen LogP contribution in [0.5, 0.6) is 0 Å². The maximum Gasteiger partial charge on any atom is 0.110 e. The second-order valence-corrected chi connectivity index (χ2v) is 4.39. The van der Waals surface area contributed by atoms with Crippen LogP contribution in [0.2, 0.25) is 0 Å². The molecule has 0 amide bonds. The molecule has 0 N–H and O–H groups in total. The van der Waals surface area contributed by atoms with E-state index in [0.29, 0.717) is 18.5 Å². The lowest BCUT2D eigenvalue weighted by Crippen LogP contribution is -2.37. The minimum atomic E-state index is 0.0434. The van der Waals surface area contributed by atoms with Crippen LogP contribution >= 0.6 is 0 Å². The summed E-state index contributed by atoms with van der Waals surface area (Å²) < 4.78 is 13.0. The molecule has 0 saturated heterocycles. The first-order valence-electron chi connectivity index (χ1n) is 5.18. The highest BCUT2D eigenvalue weighted by Gasteiger charge is 2.18. The lowest BCUT2D eigenvalue weighted by atomic mass is 10.0. The lowest BCUT2D eigenvalue weighted by Gasteiger charge is -2.31. The molecule has 1 unspecified atom stereocenters. The lowest BCUT2D eigenvalue weighted by molar-refractivity contribution is 0.184. The van der Waals surface area contributed by atoms with Crippen molar-refractivity contribution in [2.75, 3.05) is 13.1 Å². The van der Waals surface area contributed by atoms with Gasteiger partial charge in [-0.25, -0.2) is 4.39 Å². The van der Waals surface area contributed by atoms with Gasteiger partial charge in [0.2, 0.25) is 0 Å². The molecule has 0 aromatic rings. The fraction of sp³-hybridized carbons (Fsp3) is 0.818. The highest BCUT2D eigenvalue weighted by molar-refractivity contribution is 5.00. The largest absolute Gasteiger partial charge is 0.294 e. The van der Waals surface area contributed by atoms with Gasteiger partial charge in [0.05, 0.1) is 6.54 Å². The Morgan fingerprint density at radius 2 is 2.15 bits per heavy atom. The molecule has 1 atom stereocenters. The van der Waals surface area contributed by atoms with Gasteiger partial charge in [0.1, 0.15) is 5.83 Å². The molecule has 0 radical (unpaired) electrons. The van der Waals surface area contributed by atoms with E-state index in [1.54, 1.807) is 6.08 Å². The van der Waals surface area contributed by atoms with E-state index in [9.17, 15) is 4.39 Å². The fourth-order valence-corrected chi connectivity index (χ4v) is 1.93. The molecule has 0 aromatic heterocycles. The topological polar surface area (TPSA) is 3.24 Å². The van der Waals surface area contributed by atoms with Crippen molar-refractivity contribution in [3.05, 3.63) is 11.9 Å². The zero-order valence-electron chi connectivity index (χ0n) is 8.89. The number of rotatable bonds is 3. The van der Waals surface area contributed by atoms with E-state index in [-0.39, 0.29) is 5.83 Å². The summed E-state index contributed by atoms with van der Waals surface area (Å²) in [4.78, 5) is 2.23. The second kappa shape index (κ2) is 4.75. The van der Waals surface area contributed by atoms with Gasteiger partial charge in [-0.3, -0.25) is 4.90 Å². The minimum absolute atomic E-state index is 0.0434. The fourth-order valence-electron chi connectivity index (χ4n) is 1.93. The smallest absolute Gasteiger partial charge is 0.110 e. The third kappa shape index (κ3) is 3.47. The maximum atomic E-state index is 13.0. The average molecular weight is 185 g/mol. The van der Waals surface area contributed by atoms with E-state index in [4.69, 9.17) is 0 Å². The molecule has 2 heteroatoms. The van der Waals surface area contributed by atoms with Crippen LogP contribution in [0.1, 0.15) is 33.6 Å². The number of hydrogen-bond acceptors (Lipinski definition) is 1. The number of halogens is 1. The van der Waals surface area contributed by atoms with Crippen molar-refractivity contribution < 1.29 is 4.39 Å². The zero-order chi connectivity index (χ0) is 9.84. The van der Waals surface area contributed by atoms with Crippen LogP contribution in [0.3, 0.4) is 0 Å². The number of hydrogen-bond donors (Lipinski definition) is 0. The van der Waals surface area contributed by atoms with Crippen molar-refractivity contribution in [3.8, 4) is 0 Å². The van der Waals surface area contributed by atoms with Crippen molar-refractivity contribution >= 4 is 0 Å². The second-order valence-electron chi connectivity index (χ2n) is 4.39. The van der Waals surface area contributed by atoms with E-state index >= 15 is 0 Å². The SMILES string of the molecule is CC(C)CC(C)N1CCC=C(F)C1. The predicted octanol–water partition coefficient (Wildman–Crippen LogP) is 2.98. The Kier molecular flexibility index (Phi) is 3.91. The molecule has 1 heterocycles. The summed E-state index contributed by atoms with van der Waals surface area (Å²) in [5.74, 6) is 0.742. The molecular formula is C11H20FN. The normalized spacial score (nSPS) is 21.8. The van der Waals surface area contributed by atoms with Crippen LogP contribution in [-0.4, -0.2) is 24.0 Å². The molecule has 1 aliphatic rings. The standard InChI is InChI=1S/C11H20FN/c1-9(2)7-10(3)13-6-4-5-11(12)8-13/h5,9-10H,4,6-8H2,1-3H3. The molecule has 13 heavy (non-hydrogen) atoms. The van der Waals surface area contributed by atoms with Crippen LogP contribution in [0.4, 0.5) is 4.39 Å². The zero-order valence-corrected chi connectivity index (χ0v) is 8.89. The molecule has 0 aromatic carbocycles. The van der Waals surface area contributed by atoms with E-state index in [2.05, 4.69) is 25.7 Å². The Morgan fingerprint density at radius 3 is 2.69 bits per heavy atom. The van der Waals surface area contributed by atoms with Crippen LogP contribution < -0.4 is 0 Å². The molecule has 1 nitrogen and oxygen atoms in total. The Labute approximate surface area is 80.6 Å². The third-order valence-corrected chi connectivity index (χ3v) is 2.57. The third-order valence-electron chi connectivity index (χ3n) is 2.57. The van der Waals surface area contributed by atoms with Gasteiger partial charge in [-0.2, -0.15) is 0 Å². The van der Waals surface area contributed by atoms with E-state index in [1.807, 2.05) is 0 Å². The average Bonchev–Trinajstić information content (AvgIpc) is 2.03. The van der Waals surface area contributed by atoms with Gasteiger partial charge in [-0.05, 0) is 25.7 Å². The van der Waals surface area contributed by atoms with E-state index in [1.165, 1.54) is 0 Å². The van der Waals surface area contributed by atoms with Crippen LogP contribution in [0.15, 0.2) is 11.9 Å². The van der Waals surface area contributed by atoms with Gasteiger partial charge < -0.3 is 0 Å². The van der Waals surface area contributed by atoms with Crippen molar-refractivity contribution in [2.45, 2.75) is 39.7 Å². The molecular weight excluding hydrogens is 165 g/mol. The van der Waals surface area contributed by atoms with Crippen LogP contribution in [0, 0.1) is 5.92 Å². The van der Waals surface area contributed by atoms with E-state index in [0.717, 1.165) is 19.4 Å². The monoisotopic (exact) mass is 185 g/mol. The Hall–Kier alpha value is -0.370. The maximum absolute atomic E-state index is 13.0. The summed E-state index contributed by atoms with van der Waals surface area (Å²) in [6.45, 7) is 8.16. The first kappa shape index (κ1) is 10.7. The van der Waals surface area contributed by atoms with Crippen molar-refractivity contribution in [3.63, 3.8) is 0 Å². The highest BCUT2D eigenvalue weighted by Crippen LogP contribution is 2.17. The van der Waals surface area contributed by atoms with Crippen molar-refractivity contribution in [2.24, 2.45) is 5.92 Å². The summed E-state index contributed by atoms with van der Waals surface area (Å²) in [6, 6.07) is 0.513. The molecule has 0 saturated carbocycles. The van der Waals surface area contributed by atoms with Crippen LogP contribution in [0.25, 0.3) is 0 Å². The molecule has 0 spiro atoms. The first-order chi connectivity index (χ1) is 6.09. The first-order valence-corrected chi connectivity index (χ1v) is 5.18. The van der Waals surface area contributed by atoms with Gasteiger partial charge in [0.15, 0.2) is 0 Å². The minimum Gasteiger partial charge on any atom is -0.294 e. The molecule has 0 bridgehead atoms. The van der Waals surface area contributed by atoms with E-state index < -0.39 is 0 Å². The predicted molar refractivity (Wildman–Crippen MR) is 54.3 cm³/mol. The van der Waals surface area contributed by atoms with Gasteiger partial charge in [0.25, 0.3) is 0 Å². The summed E-state index contributed by atoms with van der Waals surface area (Å²) in [6.07, 6.45) is 3.74.